The minimum absolute atomic E-state index is 0.413. The van der Waals surface area contributed by atoms with Gasteiger partial charge in [-0.2, -0.15) is 0 Å². The van der Waals surface area contributed by atoms with Crippen molar-refractivity contribution in [3.8, 4) is 0 Å². The fraction of sp³-hybridized carbons (Fsp3) is 0.500. The van der Waals surface area contributed by atoms with Crippen LogP contribution in [0.4, 0.5) is 0 Å². The Morgan fingerprint density at radius 1 is 1.37 bits per heavy atom. The Kier molecular flexibility index (Phi) is 4.06. The molecule has 1 unspecified atom stereocenters. The Morgan fingerprint density at radius 2 is 2.26 bits per heavy atom. The van der Waals surface area contributed by atoms with Gasteiger partial charge < -0.3 is 5.32 Å². The van der Waals surface area contributed by atoms with Gasteiger partial charge in [0, 0.05) is 14.6 Å². The molecule has 0 spiro atoms. The molecule has 2 aromatic heterocycles. The highest BCUT2D eigenvalue weighted by Gasteiger charge is 2.22. The summed E-state index contributed by atoms with van der Waals surface area (Å²) < 4.78 is 0. The van der Waals surface area contributed by atoms with E-state index < -0.39 is 0 Å². The number of thiophene rings is 2. The van der Waals surface area contributed by atoms with Gasteiger partial charge in [0.2, 0.25) is 0 Å². The lowest BCUT2D eigenvalue weighted by atomic mass is 10.1. The molecule has 1 nitrogen and oxygen atoms in total. The number of hydrogen-bond acceptors (Lipinski definition) is 3. The van der Waals surface area contributed by atoms with Gasteiger partial charge in [-0.15, -0.1) is 22.7 Å². The molecule has 1 aliphatic carbocycles. The van der Waals surface area contributed by atoms with Crippen molar-refractivity contribution in [2.75, 3.05) is 6.54 Å². The fourth-order valence-corrected chi connectivity index (χ4v) is 5.22. The van der Waals surface area contributed by atoms with Crippen molar-refractivity contribution in [2.24, 2.45) is 0 Å². The summed E-state index contributed by atoms with van der Waals surface area (Å²) in [5.74, 6) is 0. The van der Waals surface area contributed by atoms with Crippen LogP contribution in [0, 0.1) is 6.92 Å². The van der Waals surface area contributed by atoms with Crippen LogP contribution in [0.1, 0.15) is 51.6 Å². The Balaban J connectivity index is 1.92. The minimum Gasteiger partial charge on any atom is -0.305 e. The van der Waals surface area contributed by atoms with E-state index in [9.17, 15) is 0 Å². The van der Waals surface area contributed by atoms with Gasteiger partial charge in [-0.3, -0.25) is 0 Å². The smallest absolute Gasteiger partial charge is 0.0767 e. The van der Waals surface area contributed by atoms with Gasteiger partial charge in [-0.25, -0.2) is 0 Å². The molecular weight excluding hydrogens is 270 g/mol. The van der Waals surface area contributed by atoms with E-state index in [4.69, 9.17) is 0 Å². The van der Waals surface area contributed by atoms with Crippen LogP contribution in [-0.2, 0) is 12.8 Å². The monoisotopic (exact) mass is 291 g/mol. The van der Waals surface area contributed by atoms with Crippen molar-refractivity contribution in [1.82, 2.24) is 5.32 Å². The third-order valence-electron chi connectivity index (χ3n) is 3.81. The highest BCUT2D eigenvalue weighted by molar-refractivity contribution is 7.13. The zero-order valence-corrected chi connectivity index (χ0v) is 13.3. The molecule has 0 amide bonds. The van der Waals surface area contributed by atoms with Crippen molar-refractivity contribution in [3.05, 3.63) is 43.3 Å². The third-order valence-corrected chi connectivity index (χ3v) is 6.20. The molecule has 2 aromatic rings. The van der Waals surface area contributed by atoms with E-state index in [-0.39, 0.29) is 0 Å². The SMILES string of the molecule is CCCNC(c1cc2c(s1)CCC2)c1sccc1C. The van der Waals surface area contributed by atoms with E-state index in [1.165, 1.54) is 41.0 Å². The normalized spacial score (nSPS) is 15.7. The van der Waals surface area contributed by atoms with Crippen molar-refractivity contribution >= 4 is 22.7 Å². The zero-order chi connectivity index (χ0) is 13.2. The predicted molar refractivity (Wildman–Crippen MR) is 85.5 cm³/mol. The zero-order valence-electron chi connectivity index (χ0n) is 11.7. The maximum atomic E-state index is 3.74. The number of rotatable bonds is 5. The van der Waals surface area contributed by atoms with Crippen molar-refractivity contribution in [1.29, 1.82) is 0 Å². The van der Waals surface area contributed by atoms with E-state index in [1.807, 2.05) is 22.7 Å². The first-order chi connectivity index (χ1) is 9.29. The van der Waals surface area contributed by atoms with Gasteiger partial charge in [-0.1, -0.05) is 6.92 Å². The highest BCUT2D eigenvalue weighted by Crippen LogP contribution is 2.38. The second-order valence-electron chi connectivity index (χ2n) is 5.31. The maximum absolute atomic E-state index is 3.74. The summed E-state index contributed by atoms with van der Waals surface area (Å²) >= 11 is 3.92. The molecule has 2 heterocycles. The summed E-state index contributed by atoms with van der Waals surface area (Å²) in [4.78, 5) is 4.64. The summed E-state index contributed by atoms with van der Waals surface area (Å²) in [6.07, 6.45) is 5.12. The Hall–Kier alpha value is -0.640. The molecule has 0 fully saturated rings. The molecule has 0 saturated carbocycles. The molecule has 1 atom stereocenters. The lowest BCUT2D eigenvalue weighted by Gasteiger charge is -2.17. The van der Waals surface area contributed by atoms with Gasteiger partial charge >= 0.3 is 0 Å². The summed E-state index contributed by atoms with van der Waals surface area (Å²) in [5, 5.41) is 5.95. The second-order valence-corrected chi connectivity index (χ2v) is 7.42. The van der Waals surface area contributed by atoms with Crippen LogP contribution in [0.25, 0.3) is 0 Å². The average Bonchev–Trinajstić information content (AvgIpc) is 3.06. The number of nitrogens with one attached hydrogen (secondary N) is 1. The van der Waals surface area contributed by atoms with Crippen LogP contribution < -0.4 is 5.32 Å². The van der Waals surface area contributed by atoms with E-state index in [2.05, 4.69) is 36.7 Å². The maximum Gasteiger partial charge on any atom is 0.0767 e. The highest BCUT2D eigenvalue weighted by atomic mass is 32.1. The summed E-state index contributed by atoms with van der Waals surface area (Å²) in [7, 11) is 0. The Labute approximate surface area is 123 Å². The van der Waals surface area contributed by atoms with E-state index in [0.717, 1.165) is 6.54 Å². The number of fused-ring (bicyclic) bond motifs is 1. The first-order valence-corrected chi connectivity index (χ1v) is 8.88. The lowest BCUT2D eigenvalue weighted by Crippen LogP contribution is -2.22. The van der Waals surface area contributed by atoms with Crippen molar-refractivity contribution < 1.29 is 0 Å². The number of aryl methyl sites for hydroxylation is 3. The van der Waals surface area contributed by atoms with E-state index >= 15 is 0 Å². The molecule has 0 radical (unpaired) electrons. The Morgan fingerprint density at radius 3 is 2.95 bits per heavy atom. The van der Waals surface area contributed by atoms with Gasteiger partial charge in [-0.05, 0) is 67.8 Å². The van der Waals surface area contributed by atoms with Crippen LogP contribution in [-0.4, -0.2) is 6.54 Å². The van der Waals surface area contributed by atoms with Gasteiger partial charge in [0.1, 0.15) is 0 Å². The summed E-state index contributed by atoms with van der Waals surface area (Å²) in [5.41, 5.74) is 3.03. The molecule has 0 aromatic carbocycles. The standard InChI is InChI=1S/C16H21NS2/c1-3-8-17-15(16-11(2)7-9-18-16)14-10-12-5-4-6-13(12)19-14/h7,9-10,15,17H,3-6,8H2,1-2H3. The van der Waals surface area contributed by atoms with Crippen LogP contribution in [0.2, 0.25) is 0 Å². The quantitative estimate of drug-likeness (QED) is 0.842. The molecule has 1 N–H and O–H groups in total. The van der Waals surface area contributed by atoms with Gasteiger partial charge in [0.05, 0.1) is 6.04 Å². The second kappa shape index (κ2) is 5.78. The molecule has 102 valence electrons. The largest absolute Gasteiger partial charge is 0.305 e. The topological polar surface area (TPSA) is 12.0 Å². The molecule has 0 saturated heterocycles. The lowest BCUT2D eigenvalue weighted by molar-refractivity contribution is 0.611. The molecule has 3 heteroatoms. The minimum atomic E-state index is 0.413. The van der Waals surface area contributed by atoms with Crippen molar-refractivity contribution in [2.45, 2.75) is 45.6 Å². The molecule has 19 heavy (non-hydrogen) atoms. The van der Waals surface area contributed by atoms with Gasteiger partial charge in [0.25, 0.3) is 0 Å². The average molecular weight is 291 g/mol. The van der Waals surface area contributed by atoms with Crippen LogP contribution >= 0.6 is 22.7 Å². The first kappa shape index (κ1) is 13.3. The molecule has 0 bridgehead atoms. The summed E-state index contributed by atoms with van der Waals surface area (Å²) in [6.45, 7) is 5.55. The first-order valence-electron chi connectivity index (χ1n) is 7.18. The summed E-state index contributed by atoms with van der Waals surface area (Å²) in [6, 6.07) is 5.11. The number of hydrogen-bond donors (Lipinski definition) is 1. The van der Waals surface area contributed by atoms with Crippen LogP contribution in [0.5, 0.6) is 0 Å². The van der Waals surface area contributed by atoms with E-state index in [1.54, 1.807) is 10.4 Å². The molecule has 0 aliphatic heterocycles. The fourth-order valence-electron chi connectivity index (χ4n) is 2.79. The molecule has 3 rings (SSSR count). The van der Waals surface area contributed by atoms with Crippen LogP contribution in [0.15, 0.2) is 17.5 Å². The third kappa shape index (κ3) is 2.64. The van der Waals surface area contributed by atoms with Crippen molar-refractivity contribution in [3.63, 3.8) is 0 Å². The van der Waals surface area contributed by atoms with Gasteiger partial charge in [0.15, 0.2) is 0 Å². The van der Waals surface area contributed by atoms with Crippen LogP contribution in [0.3, 0.4) is 0 Å². The Bertz CT molecular complexity index is 531. The molecular formula is C16H21NS2. The van der Waals surface area contributed by atoms with E-state index in [0.29, 0.717) is 6.04 Å². The predicted octanol–water partition coefficient (Wildman–Crippen LogP) is 4.70. The molecule has 1 aliphatic rings.